The van der Waals surface area contributed by atoms with Gasteiger partial charge >= 0.3 is 5.97 Å². The van der Waals surface area contributed by atoms with Gasteiger partial charge in [0.15, 0.2) is 6.61 Å². The summed E-state index contributed by atoms with van der Waals surface area (Å²) in [7, 11) is 0. The van der Waals surface area contributed by atoms with E-state index >= 15 is 0 Å². The summed E-state index contributed by atoms with van der Waals surface area (Å²) in [6.45, 7) is 1.25. The van der Waals surface area contributed by atoms with Crippen LogP contribution in [0.3, 0.4) is 0 Å². The first-order valence-electron chi connectivity index (χ1n) is 9.94. The second-order valence-corrected chi connectivity index (χ2v) is 7.31. The second kappa shape index (κ2) is 8.77. The van der Waals surface area contributed by atoms with Gasteiger partial charge < -0.3 is 10.1 Å². The molecule has 4 rings (SSSR count). The molecule has 3 aromatic carbocycles. The zero-order valence-corrected chi connectivity index (χ0v) is 17.5. The van der Waals surface area contributed by atoms with Gasteiger partial charge in [0.25, 0.3) is 17.7 Å². The van der Waals surface area contributed by atoms with Crippen molar-refractivity contribution in [2.24, 2.45) is 0 Å². The van der Waals surface area contributed by atoms with E-state index in [9.17, 15) is 19.2 Å². The molecule has 0 bridgehead atoms. The molecule has 0 atom stereocenters. The molecule has 3 aromatic rings. The number of amides is 3. The average molecular weight is 439 g/mol. The highest BCUT2D eigenvalue weighted by molar-refractivity contribution is 6.34. The molecule has 1 aliphatic rings. The minimum absolute atomic E-state index is 0.0488. The number of para-hydroxylation sites is 1. The standard InChI is InChI=1S/C25H17N3O5/c1-15-4-2-3-5-21(15)28-23(30)19-11-8-17(12-20(19)24(28)31)25(32)33-14-22(29)27-18-9-6-16(13-26)7-10-18/h2-12H,14H2,1H3,(H,27,29). The van der Waals surface area contributed by atoms with Crippen molar-refractivity contribution in [3.8, 4) is 6.07 Å². The zero-order chi connectivity index (χ0) is 23.5. The van der Waals surface area contributed by atoms with Crippen LogP contribution in [0.4, 0.5) is 11.4 Å². The van der Waals surface area contributed by atoms with Crippen LogP contribution in [0, 0.1) is 18.3 Å². The largest absolute Gasteiger partial charge is 0.452 e. The number of rotatable bonds is 5. The minimum Gasteiger partial charge on any atom is -0.452 e. The Morgan fingerprint density at radius 1 is 0.970 bits per heavy atom. The van der Waals surface area contributed by atoms with E-state index in [1.54, 1.807) is 49.4 Å². The lowest BCUT2D eigenvalue weighted by atomic mass is 10.1. The molecular weight excluding hydrogens is 422 g/mol. The van der Waals surface area contributed by atoms with Crippen molar-refractivity contribution in [2.45, 2.75) is 6.92 Å². The predicted molar refractivity (Wildman–Crippen MR) is 119 cm³/mol. The molecule has 1 heterocycles. The first kappa shape index (κ1) is 21.5. The third-order valence-electron chi connectivity index (χ3n) is 5.11. The van der Waals surface area contributed by atoms with Crippen LogP contribution >= 0.6 is 0 Å². The fourth-order valence-electron chi connectivity index (χ4n) is 3.44. The average Bonchev–Trinajstić information content (AvgIpc) is 3.07. The van der Waals surface area contributed by atoms with E-state index in [2.05, 4.69) is 5.32 Å². The molecule has 0 aliphatic carbocycles. The van der Waals surface area contributed by atoms with Crippen LogP contribution in [-0.4, -0.2) is 30.3 Å². The first-order valence-corrected chi connectivity index (χ1v) is 9.94. The number of imide groups is 1. The van der Waals surface area contributed by atoms with Gasteiger partial charge in [-0.25, -0.2) is 9.69 Å². The van der Waals surface area contributed by atoms with Gasteiger partial charge in [-0.15, -0.1) is 0 Å². The van der Waals surface area contributed by atoms with E-state index in [0.29, 0.717) is 16.9 Å². The number of aryl methyl sites for hydroxylation is 1. The number of benzene rings is 3. The molecular formula is C25H17N3O5. The van der Waals surface area contributed by atoms with Crippen LogP contribution in [0.2, 0.25) is 0 Å². The van der Waals surface area contributed by atoms with Gasteiger partial charge in [-0.1, -0.05) is 18.2 Å². The van der Waals surface area contributed by atoms with E-state index in [-0.39, 0.29) is 16.7 Å². The van der Waals surface area contributed by atoms with E-state index in [0.717, 1.165) is 10.5 Å². The maximum Gasteiger partial charge on any atom is 0.338 e. The molecule has 162 valence electrons. The summed E-state index contributed by atoms with van der Waals surface area (Å²) in [5.41, 5.74) is 2.48. The minimum atomic E-state index is -0.803. The normalized spacial score (nSPS) is 12.2. The quantitative estimate of drug-likeness (QED) is 0.481. The Labute approximate surface area is 189 Å². The number of nitriles is 1. The van der Waals surface area contributed by atoms with Crippen LogP contribution in [0.15, 0.2) is 66.7 Å². The number of ether oxygens (including phenoxy) is 1. The molecule has 0 saturated carbocycles. The molecule has 1 N–H and O–H groups in total. The third-order valence-corrected chi connectivity index (χ3v) is 5.11. The Morgan fingerprint density at radius 2 is 1.67 bits per heavy atom. The van der Waals surface area contributed by atoms with E-state index in [1.807, 2.05) is 12.1 Å². The number of nitrogens with zero attached hydrogens (tertiary/aromatic N) is 2. The van der Waals surface area contributed by atoms with Gasteiger partial charge in [-0.3, -0.25) is 14.4 Å². The van der Waals surface area contributed by atoms with Crippen molar-refractivity contribution >= 4 is 35.1 Å². The van der Waals surface area contributed by atoms with Crippen LogP contribution in [0.5, 0.6) is 0 Å². The zero-order valence-electron chi connectivity index (χ0n) is 17.5. The Kier molecular flexibility index (Phi) is 5.70. The lowest BCUT2D eigenvalue weighted by molar-refractivity contribution is -0.119. The highest BCUT2D eigenvalue weighted by Crippen LogP contribution is 2.31. The number of nitrogens with one attached hydrogen (secondary N) is 1. The summed E-state index contributed by atoms with van der Waals surface area (Å²) >= 11 is 0. The summed E-state index contributed by atoms with van der Waals surface area (Å²) in [5, 5.41) is 11.4. The summed E-state index contributed by atoms with van der Waals surface area (Å²) in [4.78, 5) is 51.3. The summed E-state index contributed by atoms with van der Waals surface area (Å²) in [6, 6.07) is 19.3. The van der Waals surface area contributed by atoms with E-state index in [1.165, 1.54) is 18.2 Å². The number of carbonyl (C=O) groups excluding carboxylic acids is 4. The number of anilines is 2. The molecule has 0 fully saturated rings. The molecule has 0 unspecified atom stereocenters. The monoisotopic (exact) mass is 439 g/mol. The topological polar surface area (TPSA) is 117 Å². The Morgan fingerprint density at radius 3 is 2.36 bits per heavy atom. The van der Waals surface area contributed by atoms with Crippen molar-refractivity contribution in [1.29, 1.82) is 5.26 Å². The van der Waals surface area contributed by atoms with Crippen LogP contribution in [-0.2, 0) is 9.53 Å². The Balaban J connectivity index is 1.44. The Hall–Kier alpha value is -4.77. The summed E-state index contributed by atoms with van der Waals surface area (Å²) in [6.07, 6.45) is 0. The van der Waals surface area contributed by atoms with E-state index in [4.69, 9.17) is 10.00 Å². The van der Waals surface area contributed by atoms with Crippen LogP contribution in [0.1, 0.15) is 42.2 Å². The molecule has 1 aliphatic heterocycles. The number of esters is 1. The number of carbonyl (C=O) groups is 4. The van der Waals surface area contributed by atoms with Gasteiger partial charge in [0.1, 0.15) is 0 Å². The maximum atomic E-state index is 12.9. The maximum absolute atomic E-state index is 12.9. The number of fused-ring (bicyclic) bond motifs is 1. The molecule has 0 spiro atoms. The SMILES string of the molecule is Cc1ccccc1N1C(=O)c2ccc(C(=O)OCC(=O)Nc3ccc(C#N)cc3)cc2C1=O. The van der Waals surface area contributed by atoms with Gasteiger partial charge in [0.05, 0.1) is 34.0 Å². The smallest absolute Gasteiger partial charge is 0.338 e. The fraction of sp³-hybridized carbons (Fsp3) is 0.0800. The molecule has 8 nitrogen and oxygen atoms in total. The van der Waals surface area contributed by atoms with Crippen molar-refractivity contribution in [3.63, 3.8) is 0 Å². The Bertz CT molecular complexity index is 1340. The van der Waals surface area contributed by atoms with Crippen molar-refractivity contribution in [3.05, 3.63) is 94.5 Å². The molecule has 33 heavy (non-hydrogen) atoms. The molecule has 0 saturated heterocycles. The van der Waals surface area contributed by atoms with Crippen molar-refractivity contribution < 1.29 is 23.9 Å². The highest BCUT2D eigenvalue weighted by Gasteiger charge is 2.37. The third kappa shape index (κ3) is 4.20. The van der Waals surface area contributed by atoms with Crippen LogP contribution < -0.4 is 10.2 Å². The van der Waals surface area contributed by atoms with E-state index < -0.39 is 30.3 Å². The molecule has 8 heteroatoms. The van der Waals surface area contributed by atoms with Gasteiger partial charge in [-0.2, -0.15) is 5.26 Å². The van der Waals surface area contributed by atoms with Crippen molar-refractivity contribution in [2.75, 3.05) is 16.8 Å². The lowest BCUT2D eigenvalue weighted by Gasteiger charge is -2.16. The fourth-order valence-corrected chi connectivity index (χ4v) is 3.44. The molecule has 0 aromatic heterocycles. The molecule has 0 radical (unpaired) electrons. The van der Waals surface area contributed by atoms with Crippen molar-refractivity contribution in [1.82, 2.24) is 0 Å². The van der Waals surface area contributed by atoms with Crippen LogP contribution in [0.25, 0.3) is 0 Å². The highest BCUT2D eigenvalue weighted by atomic mass is 16.5. The number of hydrogen-bond donors (Lipinski definition) is 1. The van der Waals surface area contributed by atoms with Gasteiger partial charge in [0, 0.05) is 5.69 Å². The number of hydrogen-bond acceptors (Lipinski definition) is 6. The second-order valence-electron chi connectivity index (χ2n) is 7.31. The lowest BCUT2D eigenvalue weighted by Crippen LogP contribution is -2.29. The summed E-state index contributed by atoms with van der Waals surface area (Å²) < 4.78 is 5.05. The predicted octanol–water partition coefficient (Wildman–Crippen LogP) is 3.46. The van der Waals surface area contributed by atoms with Gasteiger partial charge in [-0.05, 0) is 61.0 Å². The first-order chi connectivity index (χ1) is 15.9. The van der Waals surface area contributed by atoms with Gasteiger partial charge in [0.2, 0.25) is 0 Å². The summed E-state index contributed by atoms with van der Waals surface area (Å²) in [5.74, 6) is -2.36. The molecule has 3 amide bonds.